The number of thioether (sulfide) groups is 1. The van der Waals surface area contributed by atoms with Gasteiger partial charge in [-0.1, -0.05) is 6.07 Å². The van der Waals surface area contributed by atoms with Gasteiger partial charge in [0.25, 0.3) is 0 Å². The van der Waals surface area contributed by atoms with Crippen molar-refractivity contribution in [2.24, 2.45) is 0 Å². The highest BCUT2D eigenvalue weighted by Crippen LogP contribution is 2.25. The summed E-state index contributed by atoms with van der Waals surface area (Å²) >= 11 is 4.94. The lowest BCUT2D eigenvalue weighted by molar-refractivity contribution is 0.488. The van der Waals surface area contributed by atoms with Gasteiger partial charge in [0.15, 0.2) is 0 Å². The van der Waals surface area contributed by atoms with Crippen molar-refractivity contribution < 1.29 is 8.42 Å². The van der Waals surface area contributed by atoms with Gasteiger partial charge in [-0.05, 0) is 46.8 Å². The predicted octanol–water partition coefficient (Wildman–Crippen LogP) is 2.74. The molecule has 0 atom stereocenters. The van der Waals surface area contributed by atoms with Crippen molar-refractivity contribution in [2.45, 2.75) is 11.8 Å². The molecule has 0 amide bonds. The number of sulfonamides is 1. The van der Waals surface area contributed by atoms with Gasteiger partial charge in [0.1, 0.15) is 0 Å². The van der Waals surface area contributed by atoms with Crippen LogP contribution in [-0.2, 0) is 10.0 Å². The molecule has 0 saturated carbocycles. The molecule has 0 aliphatic rings. The first-order chi connectivity index (χ1) is 7.89. The van der Waals surface area contributed by atoms with Gasteiger partial charge < -0.3 is 0 Å². The fraction of sp³-hybridized carbons (Fsp3) is 0.455. The van der Waals surface area contributed by atoms with Gasteiger partial charge in [-0.3, -0.25) is 0 Å². The van der Waals surface area contributed by atoms with Crippen LogP contribution in [0.2, 0.25) is 0 Å². The molecule has 3 nitrogen and oxygen atoms in total. The van der Waals surface area contributed by atoms with Crippen molar-refractivity contribution in [3.63, 3.8) is 0 Å². The molecule has 1 aromatic rings. The summed E-state index contributed by atoms with van der Waals surface area (Å²) in [5, 5.41) is 0. The molecule has 17 heavy (non-hydrogen) atoms. The Morgan fingerprint density at radius 2 is 2.06 bits per heavy atom. The minimum absolute atomic E-state index is 0.326. The highest BCUT2D eigenvalue weighted by molar-refractivity contribution is 9.10. The predicted molar refractivity (Wildman–Crippen MR) is 77.1 cm³/mol. The molecule has 0 spiro atoms. The third kappa shape index (κ3) is 3.71. The molecule has 0 aromatic heterocycles. The van der Waals surface area contributed by atoms with Crippen LogP contribution in [0.5, 0.6) is 0 Å². The van der Waals surface area contributed by atoms with E-state index in [1.165, 1.54) is 4.31 Å². The lowest BCUT2D eigenvalue weighted by atomic mass is 10.2. The van der Waals surface area contributed by atoms with Crippen molar-refractivity contribution in [2.75, 3.05) is 25.6 Å². The van der Waals surface area contributed by atoms with Crippen molar-refractivity contribution in [3.8, 4) is 0 Å². The van der Waals surface area contributed by atoms with Crippen LogP contribution in [0, 0.1) is 6.92 Å². The zero-order chi connectivity index (χ0) is 13.1. The Morgan fingerprint density at radius 1 is 1.41 bits per heavy atom. The Balaban J connectivity index is 3.04. The number of hydrogen-bond acceptors (Lipinski definition) is 3. The van der Waals surface area contributed by atoms with E-state index in [9.17, 15) is 8.42 Å². The number of nitrogens with zero attached hydrogens (tertiary/aromatic N) is 1. The summed E-state index contributed by atoms with van der Waals surface area (Å²) in [5.41, 5.74) is 1.03. The maximum absolute atomic E-state index is 12.3. The van der Waals surface area contributed by atoms with E-state index >= 15 is 0 Å². The molecule has 0 aliphatic carbocycles. The fourth-order valence-corrected chi connectivity index (χ4v) is 4.21. The molecule has 0 aliphatic heterocycles. The molecule has 0 heterocycles. The number of aryl methyl sites for hydroxylation is 1. The van der Waals surface area contributed by atoms with Gasteiger partial charge in [0.2, 0.25) is 10.0 Å². The quantitative estimate of drug-likeness (QED) is 0.828. The molecule has 0 radical (unpaired) electrons. The van der Waals surface area contributed by atoms with Gasteiger partial charge in [-0.15, -0.1) is 0 Å². The van der Waals surface area contributed by atoms with E-state index in [2.05, 4.69) is 15.9 Å². The van der Waals surface area contributed by atoms with E-state index in [-0.39, 0.29) is 0 Å². The molecule has 0 saturated heterocycles. The summed E-state index contributed by atoms with van der Waals surface area (Å²) in [4.78, 5) is 0.326. The Hall–Kier alpha value is -0.0400. The van der Waals surface area contributed by atoms with Crippen LogP contribution in [0.15, 0.2) is 27.6 Å². The second-order valence-electron chi connectivity index (χ2n) is 3.75. The van der Waals surface area contributed by atoms with E-state index in [0.717, 1.165) is 11.3 Å². The van der Waals surface area contributed by atoms with E-state index in [1.807, 2.05) is 19.2 Å². The molecular formula is C11H16BrNO2S2. The van der Waals surface area contributed by atoms with Gasteiger partial charge in [0, 0.05) is 23.8 Å². The molecule has 96 valence electrons. The summed E-state index contributed by atoms with van der Waals surface area (Å²) in [5.74, 6) is 0.791. The van der Waals surface area contributed by atoms with Crippen LogP contribution in [0.4, 0.5) is 0 Å². The van der Waals surface area contributed by atoms with Gasteiger partial charge in [-0.2, -0.15) is 11.8 Å². The van der Waals surface area contributed by atoms with E-state index in [0.29, 0.717) is 15.9 Å². The Bertz CT molecular complexity index is 488. The van der Waals surface area contributed by atoms with E-state index in [4.69, 9.17) is 0 Å². The molecule has 1 rings (SSSR count). The Kier molecular flexibility index (Phi) is 5.50. The lowest BCUT2D eigenvalue weighted by Crippen LogP contribution is -2.29. The molecule has 0 fully saturated rings. The minimum atomic E-state index is -3.39. The van der Waals surface area contributed by atoms with Crippen molar-refractivity contribution in [1.82, 2.24) is 4.31 Å². The minimum Gasteiger partial charge on any atom is -0.207 e. The largest absolute Gasteiger partial charge is 0.243 e. The van der Waals surface area contributed by atoms with E-state index in [1.54, 1.807) is 30.9 Å². The van der Waals surface area contributed by atoms with Gasteiger partial charge in [-0.25, -0.2) is 12.7 Å². The Labute approximate surface area is 116 Å². The second kappa shape index (κ2) is 6.22. The maximum atomic E-state index is 12.3. The summed E-state index contributed by atoms with van der Waals surface area (Å²) in [6.45, 7) is 2.45. The van der Waals surface area contributed by atoms with Crippen LogP contribution in [0.1, 0.15) is 5.56 Å². The normalized spacial score (nSPS) is 12.1. The zero-order valence-electron chi connectivity index (χ0n) is 10.1. The average molecular weight is 338 g/mol. The fourth-order valence-electron chi connectivity index (χ4n) is 1.32. The molecule has 0 N–H and O–H groups in total. The first-order valence-electron chi connectivity index (χ1n) is 5.11. The molecule has 1 aromatic carbocycles. The Morgan fingerprint density at radius 3 is 2.59 bits per heavy atom. The number of halogens is 1. The van der Waals surface area contributed by atoms with Crippen molar-refractivity contribution >= 4 is 37.7 Å². The zero-order valence-corrected chi connectivity index (χ0v) is 13.3. The number of hydrogen-bond donors (Lipinski definition) is 0. The molecular weight excluding hydrogens is 322 g/mol. The van der Waals surface area contributed by atoms with Gasteiger partial charge in [0.05, 0.1) is 4.90 Å². The summed E-state index contributed by atoms with van der Waals surface area (Å²) in [6.07, 6.45) is 1.96. The van der Waals surface area contributed by atoms with Gasteiger partial charge >= 0.3 is 0 Å². The highest BCUT2D eigenvalue weighted by atomic mass is 79.9. The first kappa shape index (κ1) is 15.0. The molecule has 0 unspecified atom stereocenters. The average Bonchev–Trinajstić information content (AvgIpc) is 2.25. The monoisotopic (exact) mass is 337 g/mol. The van der Waals surface area contributed by atoms with Crippen LogP contribution >= 0.6 is 27.7 Å². The highest BCUT2D eigenvalue weighted by Gasteiger charge is 2.22. The first-order valence-corrected chi connectivity index (χ1v) is 8.73. The van der Waals surface area contributed by atoms with E-state index < -0.39 is 10.0 Å². The van der Waals surface area contributed by atoms with Crippen LogP contribution < -0.4 is 0 Å². The number of benzene rings is 1. The topological polar surface area (TPSA) is 37.4 Å². The lowest BCUT2D eigenvalue weighted by Gasteiger charge is -2.17. The van der Waals surface area contributed by atoms with Crippen molar-refractivity contribution in [1.29, 1.82) is 0 Å². The maximum Gasteiger partial charge on any atom is 0.243 e. The summed E-state index contributed by atoms with van der Waals surface area (Å²) in [6, 6.07) is 5.26. The summed E-state index contributed by atoms with van der Waals surface area (Å²) < 4.78 is 26.5. The van der Waals surface area contributed by atoms with Crippen molar-refractivity contribution in [3.05, 3.63) is 28.2 Å². The molecule has 0 bridgehead atoms. The third-order valence-electron chi connectivity index (χ3n) is 2.39. The van der Waals surface area contributed by atoms with Crippen LogP contribution in [-0.4, -0.2) is 38.3 Å². The third-order valence-corrected chi connectivity index (χ3v) is 5.81. The van der Waals surface area contributed by atoms with Crippen LogP contribution in [0.25, 0.3) is 0 Å². The second-order valence-corrected chi connectivity index (χ2v) is 7.61. The van der Waals surface area contributed by atoms with Crippen LogP contribution in [0.3, 0.4) is 0 Å². The summed E-state index contributed by atoms with van der Waals surface area (Å²) in [7, 11) is -1.78. The molecule has 6 heteroatoms. The smallest absolute Gasteiger partial charge is 0.207 e. The standard InChI is InChI=1S/C11H16BrNO2S2/c1-9-4-5-11(10(12)8-9)17(14,15)13(2)6-7-16-3/h4-5,8H,6-7H2,1-3H3. The number of rotatable bonds is 5. The SMILES string of the molecule is CSCCN(C)S(=O)(=O)c1ccc(C)cc1Br.